The van der Waals surface area contributed by atoms with E-state index in [1.807, 2.05) is 79.7 Å². The van der Waals surface area contributed by atoms with Gasteiger partial charge in [-0.1, -0.05) is 65.7 Å². The van der Waals surface area contributed by atoms with Gasteiger partial charge in [0.2, 0.25) is 0 Å². The molecule has 1 aliphatic heterocycles. The molecule has 0 radical (unpaired) electrons. The topological polar surface area (TPSA) is 41.9 Å². The summed E-state index contributed by atoms with van der Waals surface area (Å²) in [5.74, 6) is 0.809. The average Bonchev–Trinajstić information content (AvgIpc) is 3.28. The summed E-state index contributed by atoms with van der Waals surface area (Å²) in [6.07, 6.45) is 2.85. The van der Waals surface area contributed by atoms with Crippen LogP contribution in [0, 0.1) is 6.92 Å². The Kier molecular flexibility index (Phi) is 8.28. The van der Waals surface area contributed by atoms with E-state index in [2.05, 4.69) is 4.90 Å². The first-order valence-electron chi connectivity index (χ1n) is 12.0. The molecule has 3 aromatic rings. The lowest BCUT2D eigenvalue weighted by Crippen LogP contribution is -2.35. The number of likely N-dealkylation sites (tertiary alicyclic amines) is 1. The fourth-order valence-electron chi connectivity index (χ4n) is 4.78. The van der Waals surface area contributed by atoms with E-state index in [4.69, 9.17) is 21.1 Å². The summed E-state index contributed by atoms with van der Waals surface area (Å²) >= 11 is 6.07. The van der Waals surface area contributed by atoms with Crippen LogP contribution in [0.1, 0.15) is 35.1 Å². The molecule has 1 saturated heterocycles. The minimum atomic E-state index is -1.16. The predicted octanol–water partition coefficient (Wildman–Crippen LogP) is 5.62. The van der Waals surface area contributed by atoms with Crippen molar-refractivity contribution in [3.63, 3.8) is 0 Å². The van der Waals surface area contributed by atoms with E-state index < -0.39 is 5.60 Å². The first-order valence-corrected chi connectivity index (χ1v) is 12.4. The molecule has 1 fully saturated rings. The van der Waals surface area contributed by atoms with Crippen molar-refractivity contribution in [2.75, 3.05) is 33.4 Å². The Balaban J connectivity index is 1.48. The van der Waals surface area contributed by atoms with Gasteiger partial charge in [-0.3, -0.25) is 4.90 Å². The second kappa shape index (κ2) is 11.4. The summed E-state index contributed by atoms with van der Waals surface area (Å²) in [6.45, 7) is 5.45. The van der Waals surface area contributed by atoms with Crippen molar-refractivity contribution in [2.45, 2.75) is 37.8 Å². The molecule has 0 bridgehead atoms. The van der Waals surface area contributed by atoms with Gasteiger partial charge < -0.3 is 14.6 Å². The number of aliphatic hydroxyl groups is 1. The first kappa shape index (κ1) is 24.7. The molecule has 0 saturated carbocycles. The van der Waals surface area contributed by atoms with Crippen molar-refractivity contribution < 1.29 is 14.6 Å². The third kappa shape index (κ3) is 6.00. The lowest BCUT2D eigenvalue weighted by Gasteiger charge is -2.30. The van der Waals surface area contributed by atoms with E-state index in [1.54, 1.807) is 7.11 Å². The molecule has 5 heteroatoms. The normalized spacial score (nSPS) is 18.1. The second-order valence-electron chi connectivity index (χ2n) is 9.19. The monoisotopic (exact) mass is 479 g/mol. The maximum absolute atomic E-state index is 12.0. The maximum atomic E-state index is 12.0. The number of hydrogen-bond acceptors (Lipinski definition) is 4. The fourth-order valence-corrected chi connectivity index (χ4v) is 4.90. The van der Waals surface area contributed by atoms with Crippen LogP contribution in [0.15, 0.2) is 72.8 Å². The van der Waals surface area contributed by atoms with Gasteiger partial charge in [0.15, 0.2) is 0 Å². The Morgan fingerprint density at radius 1 is 0.971 bits per heavy atom. The van der Waals surface area contributed by atoms with Gasteiger partial charge in [0.25, 0.3) is 0 Å². The van der Waals surface area contributed by atoms with Crippen LogP contribution in [-0.2, 0) is 16.8 Å². The number of benzene rings is 3. The molecule has 2 atom stereocenters. The van der Waals surface area contributed by atoms with Gasteiger partial charge in [-0.25, -0.2) is 0 Å². The Hall–Kier alpha value is -2.37. The third-order valence-corrected chi connectivity index (χ3v) is 6.99. The summed E-state index contributed by atoms with van der Waals surface area (Å²) in [5.41, 5.74) is 2.71. The molecule has 1 N–H and O–H groups in total. The van der Waals surface area contributed by atoms with Crippen LogP contribution in [0.4, 0.5) is 0 Å². The van der Waals surface area contributed by atoms with Gasteiger partial charge in [-0.15, -0.1) is 0 Å². The van der Waals surface area contributed by atoms with Crippen molar-refractivity contribution in [3.8, 4) is 5.75 Å². The molecule has 0 aliphatic carbocycles. The predicted molar refractivity (Wildman–Crippen MR) is 138 cm³/mol. The molecule has 3 aromatic carbocycles. The standard InChI is InChI=1S/C29H34ClNO3/c1-22-5-9-24(10-6-22)29(32,20-23-7-13-26(30)14-8-23)25-11-15-28(16-12-25)34-19-18-31-17-3-4-27(31)21-33-2/h5-16,27,32H,3-4,17-21H2,1-2H3/t27-,29?/m1/s1. The molecule has 0 aromatic heterocycles. The maximum Gasteiger partial charge on any atom is 0.119 e. The van der Waals surface area contributed by atoms with E-state index in [0.717, 1.165) is 47.7 Å². The van der Waals surface area contributed by atoms with E-state index >= 15 is 0 Å². The minimum absolute atomic E-state index is 0.448. The van der Waals surface area contributed by atoms with Crippen molar-refractivity contribution in [1.29, 1.82) is 0 Å². The summed E-state index contributed by atoms with van der Waals surface area (Å²) in [5, 5.41) is 12.7. The second-order valence-corrected chi connectivity index (χ2v) is 9.63. The van der Waals surface area contributed by atoms with E-state index in [1.165, 1.54) is 12.8 Å². The highest BCUT2D eigenvalue weighted by Crippen LogP contribution is 2.35. The molecule has 4 rings (SSSR count). The molecule has 1 heterocycles. The van der Waals surface area contributed by atoms with Crippen molar-refractivity contribution in [2.24, 2.45) is 0 Å². The fraction of sp³-hybridized carbons (Fsp3) is 0.379. The molecule has 0 spiro atoms. The summed E-state index contributed by atoms with van der Waals surface area (Å²) in [4.78, 5) is 2.44. The molecule has 0 amide bonds. The van der Waals surface area contributed by atoms with Crippen molar-refractivity contribution in [1.82, 2.24) is 4.90 Å². The van der Waals surface area contributed by atoms with Crippen LogP contribution < -0.4 is 4.74 Å². The van der Waals surface area contributed by atoms with Crippen LogP contribution in [0.25, 0.3) is 0 Å². The van der Waals surface area contributed by atoms with Gasteiger partial charge in [0.1, 0.15) is 18.0 Å². The highest BCUT2D eigenvalue weighted by Gasteiger charge is 2.32. The lowest BCUT2D eigenvalue weighted by atomic mass is 9.81. The van der Waals surface area contributed by atoms with Gasteiger partial charge in [-0.2, -0.15) is 0 Å². The highest BCUT2D eigenvalue weighted by atomic mass is 35.5. The van der Waals surface area contributed by atoms with Crippen LogP contribution in [-0.4, -0.2) is 49.5 Å². The Bertz CT molecular complexity index is 1040. The minimum Gasteiger partial charge on any atom is -0.492 e. The van der Waals surface area contributed by atoms with Crippen LogP contribution >= 0.6 is 11.6 Å². The smallest absolute Gasteiger partial charge is 0.119 e. The molecule has 4 nitrogen and oxygen atoms in total. The number of methoxy groups -OCH3 is 1. The third-order valence-electron chi connectivity index (χ3n) is 6.74. The quantitative estimate of drug-likeness (QED) is 0.410. The average molecular weight is 480 g/mol. The summed E-state index contributed by atoms with van der Waals surface area (Å²) in [7, 11) is 1.76. The zero-order valence-corrected chi connectivity index (χ0v) is 20.8. The van der Waals surface area contributed by atoms with E-state index in [-0.39, 0.29) is 0 Å². The van der Waals surface area contributed by atoms with Gasteiger partial charge >= 0.3 is 0 Å². The molecule has 1 unspecified atom stereocenters. The highest BCUT2D eigenvalue weighted by molar-refractivity contribution is 6.30. The Morgan fingerprint density at radius 2 is 1.62 bits per heavy atom. The molecular formula is C29H34ClNO3. The SMILES string of the molecule is COC[C@H]1CCCN1CCOc1ccc(C(O)(Cc2ccc(Cl)cc2)c2ccc(C)cc2)cc1. The largest absolute Gasteiger partial charge is 0.492 e. The van der Waals surface area contributed by atoms with Crippen LogP contribution in [0.2, 0.25) is 5.02 Å². The number of rotatable bonds is 10. The summed E-state index contributed by atoms with van der Waals surface area (Å²) < 4.78 is 11.4. The van der Waals surface area contributed by atoms with Crippen molar-refractivity contribution in [3.05, 3.63) is 100 Å². The van der Waals surface area contributed by atoms with Crippen molar-refractivity contribution >= 4 is 11.6 Å². The number of aryl methyl sites for hydroxylation is 1. The first-order chi connectivity index (χ1) is 16.5. The van der Waals surface area contributed by atoms with E-state index in [0.29, 0.717) is 24.1 Å². The van der Waals surface area contributed by atoms with Crippen LogP contribution in [0.5, 0.6) is 5.75 Å². The number of ether oxygens (including phenoxy) is 2. The number of halogens is 1. The van der Waals surface area contributed by atoms with Gasteiger partial charge in [0.05, 0.1) is 6.61 Å². The zero-order valence-electron chi connectivity index (χ0n) is 20.0. The van der Waals surface area contributed by atoms with Crippen LogP contribution in [0.3, 0.4) is 0 Å². The Labute approximate surface area is 208 Å². The molecular weight excluding hydrogens is 446 g/mol. The number of hydrogen-bond donors (Lipinski definition) is 1. The molecule has 34 heavy (non-hydrogen) atoms. The summed E-state index contributed by atoms with van der Waals surface area (Å²) in [6, 6.07) is 24.1. The van der Waals surface area contributed by atoms with Gasteiger partial charge in [0, 0.05) is 31.1 Å². The zero-order chi connectivity index (χ0) is 24.0. The molecule has 1 aliphatic rings. The Morgan fingerprint density at radius 3 is 2.26 bits per heavy atom. The molecule has 180 valence electrons. The van der Waals surface area contributed by atoms with E-state index in [9.17, 15) is 5.11 Å². The number of nitrogens with zero attached hydrogens (tertiary/aromatic N) is 1. The lowest BCUT2D eigenvalue weighted by molar-refractivity contribution is 0.0810. The van der Waals surface area contributed by atoms with Gasteiger partial charge in [-0.05, 0) is 67.3 Å².